The third kappa shape index (κ3) is 5.13. The first kappa shape index (κ1) is 27.8. The predicted octanol–water partition coefficient (Wildman–Crippen LogP) is 5.47. The van der Waals surface area contributed by atoms with Crippen molar-refractivity contribution < 1.29 is 18.6 Å². The zero-order valence-electron chi connectivity index (χ0n) is 24.5. The average Bonchev–Trinajstić information content (AvgIpc) is 3.64. The molecule has 7 nitrogen and oxygen atoms in total. The van der Waals surface area contributed by atoms with Gasteiger partial charge in [-0.3, -0.25) is 0 Å². The monoisotopic (exact) mass is 583 g/mol. The van der Waals surface area contributed by atoms with Crippen LogP contribution in [-0.2, 0) is 0 Å². The Hall–Kier alpha value is -4.00. The zero-order valence-corrected chi connectivity index (χ0v) is 24.5. The third-order valence-electron chi connectivity index (χ3n) is 9.19. The van der Waals surface area contributed by atoms with E-state index in [2.05, 4.69) is 26.0 Å². The summed E-state index contributed by atoms with van der Waals surface area (Å²) >= 11 is 0. The minimum absolute atomic E-state index is 0.0159. The van der Waals surface area contributed by atoms with Crippen LogP contribution in [0, 0.1) is 29.4 Å². The standard InChI is InChI=1S/C34H35F2N5O2/c1-4-24-28(35)10-5-20-15-23(42)16-27(29(20)24)25-8-9-26-31(30(25)36)38-33(43-19-34(12-13-34)18-40(2)3)39-32(26)41-14-11-21-6-7-22(17-41)37-21/h1,5,8-10,15-16,21-22,37,42H,6-7,11-14,17-19H2,2-3H3/t21-,22+/m1/s1. The molecule has 0 unspecified atom stereocenters. The van der Waals surface area contributed by atoms with Crippen molar-refractivity contribution in [3.05, 3.63) is 53.6 Å². The molecule has 0 amide bonds. The number of terminal acetylenes is 1. The minimum Gasteiger partial charge on any atom is -0.508 e. The number of anilines is 1. The molecule has 2 saturated heterocycles. The lowest BCUT2D eigenvalue weighted by Gasteiger charge is -2.27. The van der Waals surface area contributed by atoms with Crippen LogP contribution < -0.4 is 15.0 Å². The first-order valence-electron chi connectivity index (χ1n) is 14.9. The Morgan fingerprint density at radius 2 is 1.91 bits per heavy atom. The van der Waals surface area contributed by atoms with Gasteiger partial charge >= 0.3 is 6.01 Å². The fourth-order valence-corrected chi connectivity index (χ4v) is 6.97. The molecule has 2 N–H and O–H groups in total. The van der Waals surface area contributed by atoms with E-state index in [1.54, 1.807) is 6.07 Å². The highest BCUT2D eigenvalue weighted by atomic mass is 19.1. The third-order valence-corrected chi connectivity index (χ3v) is 9.19. The molecule has 1 aromatic heterocycles. The average molecular weight is 584 g/mol. The first-order valence-corrected chi connectivity index (χ1v) is 14.9. The van der Waals surface area contributed by atoms with Gasteiger partial charge in [0.1, 0.15) is 22.9 Å². The Labute approximate surface area is 249 Å². The van der Waals surface area contributed by atoms with Crippen molar-refractivity contribution in [2.45, 2.75) is 44.2 Å². The van der Waals surface area contributed by atoms with Crippen molar-refractivity contribution in [3.8, 4) is 35.2 Å². The van der Waals surface area contributed by atoms with Crippen molar-refractivity contribution in [2.24, 2.45) is 5.41 Å². The Morgan fingerprint density at radius 3 is 2.67 bits per heavy atom. The molecule has 1 aliphatic carbocycles. The number of phenolic OH excluding ortho intramolecular Hbond substituents is 1. The topological polar surface area (TPSA) is 73.8 Å². The number of fused-ring (bicyclic) bond motifs is 4. The quantitative estimate of drug-likeness (QED) is 0.280. The van der Waals surface area contributed by atoms with E-state index in [9.17, 15) is 9.50 Å². The van der Waals surface area contributed by atoms with Gasteiger partial charge in [-0.2, -0.15) is 9.97 Å². The van der Waals surface area contributed by atoms with Crippen LogP contribution in [0.5, 0.6) is 11.8 Å². The van der Waals surface area contributed by atoms with E-state index in [1.807, 2.05) is 20.2 Å². The number of rotatable bonds is 7. The normalized spacial score (nSPS) is 20.9. The number of hydrogen-bond donors (Lipinski definition) is 2. The van der Waals surface area contributed by atoms with Gasteiger partial charge in [-0.1, -0.05) is 18.1 Å². The van der Waals surface area contributed by atoms with Gasteiger partial charge in [0.15, 0.2) is 5.82 Å². The van der Waals surface area contributed by atoms with Gasteiger partial charge in [0.25, 0.3) is 0 Å². The molecule has 2 atom stereocenters. The van der Waals surface area contributed by atoms with Gasteiger partial charge in [0.05, 0.1) is 12.2 Å². The van der Waals surface area contributed by atoms with Gasteiger partial charge in [-0.25, -0.2) is 8.78 Å². The molecule has 222 valence electrons. The fraction of sp³-hybridized carbons (Fsp3) is 0.412. The number of hydrogen-bond acceptors (Lipinski definition) is 7. The van der Waals surface area contributed by atoms with Crippen LogP contribution in [0.2, 0.25) is 0 Å². The second kappa shape index (κ2) is 10.6. The molecule has 2 aliphatic heterocycles. The van der Waals surface area contributed by atoms with Gasteiger partial charge in [0, 0.05) is 53.5 Å². The Kier molecular flexibility index (Phi) is 6.87. The molecule has 3 aliphatic rings. The van der Waals surface area contributed by atoms with E-state index in [1.165, 1.54) is 30.7 Å². The summed E-state index contributed by atoms with van der Waals surface area (Å²) in [6.07, 6.45) is 11.1. The van der Waals surface area contributed by atoms with Crippen LogP contribution in [0.25, 0.3) is 32.8 Å². The lowest BCUT2D eigenvalue weighted by Crippen LogP contribution is -2.36. The predicted molar refractivity (Wildman–Crippen MR) is 164 cm³/mol. The van der Waals surface area contributed by atoms with E-state index in [4.69, 9.17) is 16.1 Å². The molecule has 9 heteroatoms. The largest absolute Gasteiger partial charge is 0.508 e. The van der Waals surface area contributed by atoms with E-state index in [-0.39, 0.29) is 33.8 Å². The molecular weight excluding hydrogens is 548 g/mol. The molecular formula is C34H35F2N5O2. The van der Waals surface area contributed by atoms with E-state index < -0.39 is 11.6 Å². The van der Waals surface area contributed by atoms with Crippen molar-refractivity contribution in [3.63, 3.8) is 0 Å². The Bertz CT molecular complexity index is 1780. The smallest absolute Gasteiger partial charge is 0.319 e. The maximum atomic E-state index is 16.8. The first-order chi connectivity index (χ1) is 20.7. The van der Waals surface area contributed by atoms with Crippen molar-refractivity contribution >= 4 is 27.5 Å². The fourth-order valence-electron chi connectivity index (χ4n) is 6.97. The van der Waals surface area contributed by atoms with Crippen LogP contribution in [0.4, 0.5) is 14.6 Å². The molecule has 7 rings (SSSR count). The number of ether oxygens (including phenoxy) is 1. The zero-order chi connectivity index (χ0) is 29.9. The van der Waals surface area contributed by atoms with E-state index in [0.717, 1.165) is 45.3 Å². The summed E-state index contributed by atoms with van der Waals surface area (Å²) in [4.78, 5) is 13.9. The number of phenols is 1. The Balaban J connectivity index is 1.38. The van der Waals surface area contributed by atoms with E-state index in [0.29, 0.717) is 46.2 Å². The van der Waals surface area contributed by atoms with Crippen LogP contribution in [0.15, 0.2) is 36.4 Å². The summed E-state index contributed by atoms with van der Waals surface area (Å²) in [7, 11) is 4.09. The summed E-state index contributed by atoms with van der Waals surface area (Å²) in [5.74, 6) is 1.80. The molecule has 3 heterocycles. The number of nitrogens with one attached hydrogen (secondary N) is 1. The summed E-state index contributed by atoms with van der Waals surface area (Å²) in [5.41, 5.74) is 0.636. The van der Waals surface area contributed by atoms with Crippen molar-refractivity contribution in [1.82, 2.24) is 20.2 Å². The lowest BCUT2D eigenvalue weighted by molar-refractivity contribution is 0.183. The molecule has 0 spiro atoms. The van der Waals surface area contributed by atoms with Gasteiger partial charge in [-0.15, -0.1) is 6.42 Å². The van der Waals surface area contributed by atoms with E-state index >= 15 is 4.39 Å². The second-order valence-electron chi connectivity index (χ2n) is 12.7. The minimum atomic E-state index is -0.603. The van der Waals surface area contributed by atoms with Crippen molar-refractivity contribution in [2.75, 3.05) is 45.2 Å². The molecule has 3 fully saturated rings. The lowest BCUT2D eigenvalue weighted by atomic mass is 9.93. The highest BCUT2D eigenvalue weighted by Gasteiger charge is 2.44. The van der Waals surface area contributed by atoms with Gasteiger partial charge in [0.2, 0.25) is 0 Å². The second-order valence-corrected chi connectivity index (χ2v) is 12.7. The summed E-state index contributed by atoms with van der Waals surface area (Å²) in [5, 5.41) is 15.7. The maximum absolute atomic E-state index is 16.8. The molecule has 0 radical (unpaired) electrons. The summed E-state index contributed by atoms with van der Waals surface area (Å²) in [6.45, 7) is 2.89. The number of nitrogens with zero attached hydrogens (tertiary/aromatic N) is 4. The van der Waals surface area contributed by atoms with Crippen LogP contribution in [-0.4, -0.2) is 72.4 Å². The van der Waals surface area contributed by atoms with Crippen LogP contribution >= 0.6 is 0 Å². The molecule has 2 bridgehead atoms. The molecule has 4 aromatic rings. The molecule has 43 heavy (non-hydrogen) atoms. The van der Waals surface area contributed by atoms with Gasteiger partial charge in [-0.05, 0) is 81.4 Å². The summed E-state index contributed by atoms with van der Waals surface area (Å²) in [6, 6.07) is 10.1. The summed E-state index contributed by atoms with van der Waals surface area (Å²) < 4.78 is 37.8. The van der Waals surface area contributed by atoms with Crippen LogP contribution in [0.3, 0.4) is 0 Å². The van der Waals surface area contributed by atoms with Gasteiger partial charge < -0.3 is 25.0 Å². The molecule has 1 saturated carbocycles. The molecule has 3 aromatic carbocycles. The Morgan fingerprint density at radius 1 is 1.09 bits per heavy atom. The number of halogens is 2. The number of aromatic nitrogens is 2. The SMILES string of the molecule is C#Cc1c(F)ccc2cc(O)cc(-c3ccc4c(N5CC[C@H]6CC[C@@H](C5)N6)nc(OCC5(CN(C)C)CC5)nc4c3F)c12. The number of aromatic hydroxyl groups is 1. The maximum Gasteiger partial charge on any atom is 0.319 e. The highest BCUT2D eigenvalue weighted by molar-refractivity contribution is 6.04. The highest BCUT2D eigenvalue weighted by Crippen LogP contribution is 2.46. The van der Waals surface area contributed by atoms with Crippen molar-refractivity contribution in [1.29, 1.82) is 0 Å². The number of benzene rings is 3. The van der Waals surface area contributed by atoms with Crippen LogP contribution in [0.1, 0.15) is 37.7 Å².